The Kier molecular flexibility index (Phi) is 4.20. The largest absolute Gasteiger partial charge is 0.369 e. The van der Waals surface area contributed by atoms with Crippen LogP contribution in [0.1, 0.15) is 11.6 Å². The number of nitrogens with one attached hydrogen (secondary N) is 1. The van der Waals surface area contributed by atoms with Gasteiger partial charge in [-0.15, -0.1) is 0 Å². The predicted molar refractivity (Wildman–Crippen MR) is 73.4 cm³/mol. The maximum atomic E-state index is 13.2. The van der Waals surface area contributed by atoms with E-state index in [1.807, 2.05) is 0 Å². The van der Waals surface area contributed by atoms with Gasteiger partial charge in [-0.2, -0.15) is 0 Å². The van der Waals surface area contributed by atoms with Crippen LogP contribution in [0.3, 0.4) is 0 Å². The molecular formula is C14H11ClF2N2O. The normalized spacial score (nSPS) is 11.9. The van der Waals surface area contributed by atoms with E-state index in [9.17, 15) is 13.6 Å². The van der Waals surface area contributed by atoms with Crippen LogP contribution in [0.15, 0.2) is 42.5 Å². The van der Waals surface area contributed by atoms with Gasteiger partial charge in [0.1, 0.15) is 17.7 Å². The molecule has 1 amide bonds. The van der Waals surface area contributed by atoms with Crippen molar-refractivity contribution in [1.29, 1.82) is 0 Å². The van der Waals surface area contributed by atoms with Crippen molar-refractivity contribution < 1.29 is 13.6 Å². The van der Waals surface area contributed by atoms with Crippen molar-refractivity contribution >= 4 is 23.2 Å². The van der Waals surface area contributed by atoms with Crippen LogP contribution in [-0.2, 0) is 4.79 Å². The molecule has 104 valence electrons. The lowest BCUT2D eigenvalue weighted by Gasteiger charge is -2.18. The molecule has 0 aromatic heterocycles. The van der Waals surface area contributed by atoms with Crippen molar-refractivity contribution in [2.24, 2.45) is 5.73 Å². The number of carbonyl (C=O) groups is 1. The maximum Gasteiger partial charge on any atom is 0.244 e. The molecule has 0 aliphatic heterocycles. The van der Waals surface area contributed by atoms with Crippen LogP contribution >= 0.6 is 11.6 Å². The van der Waals surface area contributed by atoms with Crippen LogP contribution in [0.2, 0.25) is 5.02 Å². The summed E-state index contributed by atoms with van der Waals surface area (Å²) in [7, 11) is 0. The molecule has 3 N–H and O–H groups in total. The van der Waals surface area contributed by atoms with Gasteiger partial charge in [-0.3, -0.25) is 4.79 Å². The van der Waals surface area contributed by atoms with Gasteiger partial charge in [-0.25, -0.2) is 8.78 Å². The predicted octanol–water partition coefficient (Wildman–Crippen LogP) is 3.26. The second kappa shape index (κ2) is 5.88. The van der Waals surface area contributed by atoms with Crippen molar-refractivity contribution in [1.82, 2.24) is 0 Å². The summed E-state index contributed by atoms with van der Waals surface area (Å²) in [5.41, 5.74) is 5.82. The van der Waals surface area contributed by atoms with Gasteiger partial charge >= 0.3 is 0 Å². The highest BCUT2D eigenvalue weighted by Crippen LogP contribution is 2.26. The third-order valence-corrected chi connectivity index (χ3v) is 3.01. The summed E-state index contributed by atoms with van der Waals surface area (Å²) in [5.74, 6) is -2.34. The first kappa shape index (κ1) is 14.3. The molecule has 0 aliphatic rings. The fourth-order valence-corrected chi connectivity index (χ4v) is 1.98. The van der Waals surface area contributed by atoms with E-state index in [0.29, 0.717) is 10.7 Å². The van der Waals surface area contributed by atoms with Gasteiger partial charge in [-0.1, -0.05) is 23.7 Å². The molecular weight excluding hydrogens is 286 g/mol. The standard InChI is InChI=1S/C14H11ClF2N2O/c15-11-3-1-2-4-12(11)19-13(14(18)20)8-5-9(16)7-10(17)6-8/h1-7,13,19H,(H2,18,20). The van der Waals surface area contributed by atoms with Crippen molar-refractivity contribution in [3.8, 4) is 0 Å². The van der Waals surface area contributed by atoms with Gasteiger partial charge in [0.15, 0.2) is 0 Å². The number of halogens is 3. The van der Waals surface area contributed by atoms with Crippen LogP contribution in [0.4, 0.5) is 14.5 Å². The lowest BCUT2D eigenvalue weighted by molar-refractivity contribution is -0.118. The molecule has 0 heterocycles. The number of primary amides is 1. The molecule has 0 spiro atoms. The third kappa shape index (κ3) is 3.24. The molecule has 0 aliphatic carbocycles. The van der Waals surface area contributed by atoms with E-state index < -0.39 is 23.6 Å². The van der Waals surface area contributed by atoms with Crippen molar-refractivity contribution in [2.75, 3.05) is 5.32 Å². The number of nitrogens with two attached hydrogens (primary N) is 1. The average Bonchev–Trinajstić information content (AvgIpc) is 2.36. The molecule has 0 bridgehead atoms. The van der Waals surface area contributed by atoms with Crippen LogP contribution < -0.4 is 11.1 Å². The highest BCUT2D eigenvalue weighted by atomic mass is 35.5. The monoisotopic (exact) mass is 296 g/mol. The highest BCUT2D eigenvalue weighted by Gasteiger charge is 2.20. The number of benzene rings is 2. The third-order valence-electron chi connectivity index (χ3n) is 2.68. The molecule has 0 fully saturated rings. The highest BCUT2D eigenvalue weighted by molar-refractivity contribution is 6.33. The first-order valence-electron chi connectivity index (χ1n) is 5.74. The summed E-state index contributed by atoms with van der Waals surface area (Å²) in [6.07, 6.45) is 0. The second-order valence-corrected chi connectivity index (χ2v) is 4.57. The summed E-state index contributed by atoms with van der Waals surface area (Å²) in [6.45, 7) is 0. The smallest absolute Gasteiger partial charge is 0.244 e. The number of amides is 1. The number of hydrogen-bond acceptors (Lipinski definition) is 2. The molecule has 6 heteroatoms. The first-order valence-corrected chi connectivity index (χ1v) is 6.11. The van der Waals surface area contributed by atoms with E-state index in [4.69, 9.17) is 17.3 Å². The Balaban J connectivity index is 2.37. The van der Waals surface area contributed by atoms with Gasteiger partial charge in [0, 0.05) is 6.07 Å². The van der Waals surface area contributed by atoms with E-state index in [1.165, 1.54) is 0 Å². The van der Waals surface area contributed by atoms with Crippen LogP contribution in [-0.4, -0.2) is 5.91 Å². The summed E-state index contributed by atoms with van der Waals surface area (Å²) >= 11 is 5.96. The van der Waals surface area contributed by atoms with Crippen LogP contribution in [0.5, 0.6) is 0 Å². The minimum atomic E-state index is -1.08. The molecule has 0 saturated carbocycles. The van der Waals surface area contributed by atoms with Gasteiger partial charge in [-0.05, 0) is 29.8 Å². The van der Waals surface area contributed by atoms with Crippen molar-refractivity contribution in [3.05, 3.63) is 64.7 Å². The Morgan fingerprint density at radius 1 is 1.15 bits per heavy atom. The van der Waals surface area contributed by atoms with Gasteiger partial charge in [0.05, 0.1) is 10.7 Å². The summed E-state index contributed by atoms with van der Waals surface area (Å²) in [5, 5.41) is 3.15. The maximum absolute atomic E-state index is 13.2. The van der Waals surface area contributed by atoms with E-state index in [0.717, 1.165) is 18.2 Å². The average molecular weight is 297 g/mol. The zero-order chi connectivity index (χ0) is 14.7. The van der Waals surface area contributed by atoms with E-state index in [-0.39, 0.29) is 5.56 Å². The lowest BCUT2D eigenvalue weighted by atomic mass is 10.1. The van der Waals surface area contributed by atoms with Crippen LogP contribution in [0, 0.1) is 11.6 Å². The fraction of sp³-hybridized carbons (Fsp3) is 0.0714. The first-order chi connectivity index (χ1) is 9.47. The number of anilines is 1. The summed E-state index contributed by atoms with van der Waals surface area (Å²) < 4.78 is 26.4. The number of para-hydroxylation sites is 1. The Hall–Kier alpha value is -2.14. The minimum absolute atomic E-state index is 0.0925. The second-order valence-electron chi connectivity index (χ2n) is 4.16. The van der Waals surface area contributed by atoms with Crippen molar-refractivity contribution in [2.45, 2.75) is 6.04 Å². The zero-order valence-electron chi connectivity index (χ0n) is 10.2. The van der Waals surface area contributed by atoms with E-state index in [1.54, 1.807) is 24.3 Å². The summed E-state index contributed by atoms with van der Waals surface area (Å²) in [6, 6.07) is 8.40. The Bertz CT molecular complexity index is 629. The van der Waals surface area contributed by atoms with Gasteiger partial charge in [0.25, 0.3) is 0 Å². The van der Waals surface area contributed by atoms with E-state index in [2.05, 4.69) is 5.32 Å². The van der Waals surface area contributed by atoms with Crippen LogP contribution in [0.25, 0.3) is 0 Å². The molecule has 2 rings (SSSR count). The Morgan fingerprint density at radius 2 is 1.75 bits per heavy atom. The topological polar surface area (TPSA) is 55.1 Å². The van der Waals surface area contributed by atoms with Gasteiger partial charge < -0.3 is 11.1 Å². The van der Waals surface area contributed by atoms with Crippen molar-refractivity contribution in [3.63, 3.8) is 0 Å². The molecule has 2 aromatic rings. The number of carbonyl (C=O) groups excluding carboxylic acids is 1. The van der Waals surface area contributed by atoms with E-state index >= 15 is 0 Å². The fourth-order valence-electron chi connectivity index (χ4n) is 1.79. The molecule has 0 saturated heterocycles. The number of hydrogen-bond donors (Lipinski definition) is 2. The molecule has 20 heavy (non-hydrogen) atoms. The zero-order valence-corrected chi connectivity index (χ0v) is 11.0. The SMILES string of the molecule is NC(=O)C(Nc1ccccc1Cl)c1cc(F)cc(F)c1. The molecule has 3 nitrogen and oxygen atoms in total. The molecule has 1 atom stereocenters. The number of rotatable bonds is 4. The Morgan fingerprint density at radius 3 is 2.30 bits per heavy atom. The molecule has 2 aromatic carbocycles. The minimum Gasteiger partial charge on any atom is -0.369 e. The lowest BCUT2D eigenvalue weighted by Crippen LogP contribution is -2.28. The van der Waals surface area contributed by atoms with Gasteiger partial charge in [0.2, 0.25) is 5.91 Å². The molecule has 0 radical (unpaired) electrons. The molecule has 1 unspecified atom stereocenters. The summed E-state index contributed by atoms with van der Waals surface area (Å²) in [4.78, 5) is 11.5. The Labute approximate surface area is 119 Å². The quantitative estimate of drug-likeness (QED) is 0.910.